The van der Waals surface area contributed by atoms with Gasteiger partial charge in [-0.2, -0.15) is 8.42 Å². The van der Waals surface area contributed by atoms with Gasteiger partial charge < -0.3 is 10.1 Å². The summed E-state index contributed by atoms with van der Waals surface area (Å²) in [5, 5.41) is 3.69. The highest BCUT2D eigenvalue weighted by Crippen LogP contribution is 2.34. The molecule has 0 amide bonds. The number of ether oxygens (including phenoxy) is 1. The number of nitrogens with one attached hydrogen (secondary N) is 1. The van der Waals surface area contributed by atoms with Gasteiger partial charge >= 0.3 is 5.97 Å². The van der Waals surface area contributed by atoms with E-state index in [-0.39, 0.29) is 16.6 Å². The number of hydrogen-bond acceptors (Lipinski definition) is 5. The number of sulfonamides is 1. The van der Waals surface area contributed by atoms with Crippen LogP contribution in [0.25, 0.3) is 0 Å². The second-order valence-electron chi connectivity index (χ2n) is 7.79. The number of rotatable bonds is 4. The summed E-state index contributed by atoms with van der Waals surface area (Å²) in [5.74, 6) is 0.281. The van der Waals surface area contributed by atoms with E-state index in [1.807, 2.05) is 26.8 Å². The maximum absolute atomic E-state index is 12.6. The zero-order chi connectivity index (χ0) is 23.0. The number of aryl methyl sites for hydroxylation is 1. The lowest BCUT2D eigenvalue weighted by molar-refractivity contribution is 0.0733. The molecule has 0 radical (unpaired) electrons. The largest absolute Gasteiger partial charge is 0.423 e. The van der Waals surface area contributed by atoms with Crippen molar-refractivity contribution in [2.75, 3.05) is 5.32 Å². The Morgan fingerprint density at radius 3 is 2.44 bits per heavy atom. The summed E-state index contributed by atoms with van der Waals surface area (Å²) in [6.07, 6.45) is 0. The van der Waals surface area contributed by atoms with Gasteiger partial charge in [-0.15, -0.1) is 4.40 Å². The van der Waals surface area contributed by atoms with Crippen LogP contribution in [0.5, 0.6) is 5.75 Å². The average Bonchev–Trinajstić information content (AvgIpc) is 3.00. The molecule has 0 saturated heterocycles. The van der Waals surface area contributed by atoms with Crippen molar-refractivity contribution in [2.24, 2.45) is 4.40 Å². The van der Waals surface area contributed by atoms with Gasteiger partial charge in [0.05, 0.1) is 5.56 Å². The Hall–Kier alpha value is -3.16. The summed E-state index contributed by atoms with van der Waals surface area (Å²) in [5.41, 5.74) is 3.18. The van der Waals surface area contributed by atoms with Crippen LogP contribution in [0.15, 0.2) is 70.0 Å². The molecule has 0 aromatic heterocycles. The molecule has 6 nitrogen and oxygen atoms in total. The molecule has 0 atom stereocenters. The summed E-state index contributed by atoms with van der Waals surface area (Å²) in [6.45, 7) is 5.82. The van der Waals surface area contributed by atoms with E-state index >= 15 is 0 Å². The second-order valence-corrected chi connectivity index (χ2v) is 9.80. The van der Waals surface area contributed by atoms with E-state index in [4.69, 9.17) is 16.3 Å². The van der Waals surface area contributed by atoms with Crippen LogP contribution in [0.3, 0.4) is 0 Å². The van der Waals surface area contributed by atoms with Gasteiger partial charge in [0.2, 0.25) is 0 Å². The predicted octanol–water partition coefficient (Wildman–Crippen LogP) is 5.55. The summed E-state index contributed by atoms with van der Waals surface area (Å²) in [7, 11) is -3.73. The molecule has 3 aromatic carbocycles. The zero-order valence-corrected chi connectivity index (χ0v) is 19.3. The van der Waals surface area contributed by atoms with E-state index < -0.39 is 16.0 Å². The third kappa shape index (κ3) is 4.26. The van der Waals surface area contributed by atoms with E-state index in [9.17, 15) is 13.2 Å². The minimum absolute atomic E-state index is 0.0469. The number of halogens is 1. The van der Waals surface area contributed by atoms with Crippen molar-refractivity contribution < 1.29 is 17.9 Å². The SMILES string of the molecule is Cc1cc(OC(=O)c2ccc(Cl)cc2)c(C(C)C)cc1NC1=NS(=O)(=O)c2ccccc21. The number of fused-ring (bicyclic) bond motifs is 1. The number of carbonyl (C=O) groups is 1. The van der Waals surface area contributed by atoms with Crippen LogP contribution in [0, 0.1) is 6.92 Å². The quantitative estimate of drug-likeness (QED) is 0.400. The number of carbonyl (C=O) groups excluding carboxylic acids is 1. The predicted molar refractivity (Wildman–Crippen MR) is 125 cm³/mol. The minimum Gasteiger partial charge on any atom is -0.423 e. The highest BCUT2D eigenvalue weighted by Gasteiger charge is 2.29. The van der Waals surface area contributed by atoms with Gasteiger partial charge in [0.25, 0.3) is 10.0 Å². The molecule has 4 rings (SSSR count). The number of esters is 1. The first-order valence-corrected chi connectivity index (χ1v) is 11.8. The maximum atomic E-state index is 12.6. The number of amidine groups is 1. The lowest BCUT2D eigenvalue weighted by Gasteiger charge is -2.18. The van der Waals surface area contributed by atoms with Crippen molar-refractivity contribution in [1.82, 2.24) is 0 Å². The molecule has 3 aromatic rings. The third-order valence-electron chi connectivity index (χ3n) is 5.15. The summed E-state index contributed by atoms with van der Waals surface area (Å²) in [6, 6.07) is 16.8. The van der Waals surface area contributed by atoms with Crippen LogP contribution in [0.1, 0.15) is 46.8 Å². The highest BCUT2D eigenvalue weighted by molar-refractivity contribution is 7.90. The highest BCUT2D eigenvalue weighted by atomic mass is 35.5. The molecule has 0 aliphatic carbocycles. The first-order chi connectivity index (χ1) is 15.2. The van der Waals surface area contributed by atoms with Crippen LogP contribution in [0.4, 0.5) is 5.69 Å². The fourth-order valence-electron chi connectivity index (χ4n) is 3.44. The molecule has 0 spiro atoms. The van der Waals surface area contributed by atoms with Crippen LogP contribution in [0.2, 0.25) is 5.02 Å². The van der Waals surface area contributed by atoms with Gasteiger partial charge in [-0.3, -0.25) is 0 Å². The summed E-state index contributed by atoms with van der Waals surface area (Å²) >= 11 is 5.89. The van der Waals surface area contributed by atoms with Crippen LogP contribution in [-0.2, 0) is 10.0 Å². The molecular formula is C24H21ClN2O4S. The average molecular weight is 469 g/mol. The number of anilines is 1. The summed E-state index contributed by atoms with van der Waals surface area (Å²) in [4.78, 5) is 12.8. The van der Waals surface area contributed by atoms with Gasteiger partial charge in [0.15, 0.2) is 5.84 Å². The van der Waals surface area contributed by atoms with E-state index in [0.717, 1.165) is 11.1 Å². The van der Waals surface area contributed by atoms with Crippen molar-refractivity contribution in [3.8, 4) is 5.75 Å². The molecule has 1 aliphatic rings. The normalized spacial score (nSPS) is 14.1. The third-order valence-corrected chi connectivity index (χ3v) is 6.73. The van der Waals surface area contributed by atoms with Crippen LogP contribution >= 0.6 is 11.6 Å². The molecule has 1 heterocycles. The number of benzene rings is 3. The van der Waals surface area contributed by atoms with E-state index in [0.29, 0.717) is 27.6 Å². The second kappa shape index (κ2) is 8.41. The monoisotopic (exact) mass is 468 g/mol. The van der Waals surface area contributed by atoms with Gasteiger partial charge in [0.1, 0.15) is 10.6 Å². The molecule has 0 bridgehead atoms. The van der Waals surface area contributed by atoms with Crippen molar-refractivity contribution in [3.63, 3.8) is 0 Å². The fraction of sp³-hybridized carbons (Fsp3) is 0.167. The molecule has 1 N–H and O–H groups in total. The smallest absolute Gasteiger partial charge is 0.343 e. The van der Waals surface area contributed by atoms with E-state index in [2.05, 4.69) is 9.71 Å². The number of hydrogen-bond donors (Lipinski definition) is 1. The van der Waals surface area contributed by atoms with Crippen molar-refractivity contribution >= 4 is 39.1 Å². The minimum atomic E-state index is -3.73. The molecule has 0 unspecified atom stereocenters. The molecule has 8 heteroatoms. The Morgan fingerprint density at radius 2 is 1.75 bits per heavy atom. The summed E-state index contributed by atoms with van der Waals surface area (Å²) < 4.78 is 34.3. The van der Waals surface area contributed by atoms with Gasteiger partial charge in [0, 0.05) is 16.3 Å². The fourth-order valence-corrected chi connectivity index (χ4v) is 4.74. The molecule has 0 saturated carbocycles. The Bertz CT molecular complexity index is 1350. The first kappa shape index (κ1) is 22.0. The van der Waals surface area contributed by atoms with Crippen LogP contribution < -0.4 is 10.1 Å². The van der Waals surface area contributed by atoms with E-state index in [1.54, 1.807) is 48.5 Å². The standard InChI is InChI=1S/C24H21ClN2O4S/c1-14(2)19-13-20(26-23-18-6-4-5-7-22(18)32(29,30)27-23)15(3)12-21(19)31-24(28)16-8-10-17(25)11-9-16/h4-14H,1-3H3,(H,26,27). The first-order valence-electron chi connectivity index (χ1n) is 9.99. The van der Waals surface area contributed by atoms with Crippen molar-refractivity contribution in [3.05, 3.63) is 87.9 Å². The zero-order valence-electron chi connectivity index (χ0n) is 17.7. The van der Waals surface area contributed by atoms with E-state index in [1.165, 1.54) is 6.07 Å². The lowest BCUT2D eigenvalue weighted by Crippen LogP contribution is -2.14. The Labute approximate surface area is 192 Å². The lowest BCUT2D eigenvalue weighted by atomic mass is 9.98. The molecular weight excluding hydrogens is 448 g/mol. The van der Waals surface area contributed by atoms with Gasteiger partial charge in [-0.1, -0.05) is 37.6 Å². The van der Waals surface area contributed by atoms with Gasteiger partial charge in [-0.25, -0.2) is 4.79 Å². The molecule has 1 aliphatic heterocycles. The molecule has 164 valence electrons. The maximum Gasteiger partial charge on any atom is 0.343 e. The molecule has 0 fully saturated rings. The van der Waals surface area contributed by atoms with Crippen molar-refractivity contribution in [1.29, 1.82) is 0 Å². The van der Waals surface area contributed by atoms with Crippen LogP contribution in [-0.4, -0.2) is 20.2 Å². The van der Waals surface area contributed by atoms with Gasteiger partial charge in [-0.05, 0) is 72.5 Å². The Morgan fingerprint density at radius 1 is 1.06 bits per heavy atom. The Balaban J connectivity index is 1.67. The Kier molecular flexibility index (Phi) is 5.79. The molecule has 32 heavy (non-hydrogen) atoms. The number of nitrogens with zero attached hydrogens (tertiary/aromatic N) is 1. The topological polar surface area (TPSA) is 84.8 Å². The van der Waals surface area contributed by atoms with Crippen molar-refractivity contribution in [2.45, 2.75) is 31.6 Å².